The van der Waals surface area contributed by atoms with Crippen molar-refractivity contribution >= 4 is 5.91 Å². The van der Waals surface area contributed by atoms with E-state index in [1.54, 1.807) is 0 Å². The van der Waals surface area contributed by atoms with E-state index in [0.717, 1.165) is 32.0 Å². The van der Waals surface area contributed by atoms with Crippen LogP contribution in [0.15, 0.2) is 18.5 Å². The van der Waals surface area contributed by atoms with E-state index in [0.29, 0.717) is 13.1 Å². The number of nitrogens with zero attached hydrogens (tertiary/aromatic N) is 2. The zero-order valence-corrected chi connectivity index (χ0v) is 11.4. The SMILES string of the molecule is O=C(NCCN1CCCC[C@@H]1CO)c1cncc(F)c1. The van der Waals surface area contributed by atoms with Gasteiger partial charge in [0.15, 0.2) is 0 Å². The number of aromatic nitrogens is 1. The second-order valence-electron chi connectivity index (χ2n) is 5.02. The van der Waals surface area contributed by atoms with E-state index in [1.807, 2.05) is 0 Å². The van der Waals surface area contributed by atoms with Crippen LogP contribution >= 0.6 is 0 Å². The van der Waals surface area contributed by atoms with Crippen LogP contribution in [0.25, 0.3) is 0 Å². The number of hydrogen-bond donors (Lipinski definition) is 2. The molecular formula is C14H20FN3O2. The molecule has 0 aromatic carbocycles. The topological polar surface area (TPSA) is 65.5 Å². The highest BCUT2D eigenvalue weighted by Gasteiger charge is 2.21. The Morgan fingerprint density at radius 1 is 1.50 bits per heavy atom. The Morgan fingerprint density at radius 3 is 3.10 bits per heavy atom. The first-order valence-electron chi connectivity index (χ1n) is 6.94. The first-order chi connectivity index (χ1) is 9.70. The highest BCUT2D eigenvalue weighted by molar-refractivity contribution is 5.93. The largest absolute Gasteiger partial charge is 0.395 e. The van der Waals surface area contributed by atoms with Gasteiger partial charge in [-0.15, -0.1) is 0 Å². The molecule has 2 N–H and O–H groups in total. The smallest absolute Gasteiger partial charge is 0.252 e. The molecule has 2 heterocycles. The molecule has 0 unspecified atom stereocenters. The van der Waals surface area contributed by atoms with Crippen LogP contribution in [-0.2, 0) is 0 Å². The Labute approximate surface area is 117 Å². The molecule has 0 radical (unpaired) electrons. The van der Waals surface area contributed by atoms with Crippen LogP contribution in [0, 0.1) is 5.82 Å². The number of pyridine rings is 1. The van der Waals surface area contributed by atoms with Crippen LogP contribution in [0.2, 0.25) is 0 Å². The molecule has 1 aromatic heterocycles. The molecule has 6 heteroatoms. The second-order valence-corrected chi connectivity index (χ2v) is 5.02. The van der Waals surface area contributed by atoms with Crippen LogP contribution in [0.3, 0.4) is 0 Å². The average Bonchev–Trinajstić information content (AvgIpc) is 2.47. The molecule has 1 aromatic rings. The van der Waals surface area contributed by atoms with Gasteiger partial charge < -0.3 is 10.4 Å². The Bertz CT molecular complexity index is 456. The predicted octanol–water partition coefficient (Wildman–Crippen LogP) is 0.797. The number of amides is 1. The summed E-state index contributed by atoms with van der Waals surface area (Å²) in [5.41, 5.74) is 0.224. The third-order valence-electron chi connectivity index (χ3n) is 3.61. The summed E-state index contributed by atoms with van der Waals surface area (Å²) in [4.78, 5) is 17.6. The van der Waals surface area contributed by atoms with Gasteiger partial charge in [0.2, 0.25) is 0 Å². The lowest BCUT2D eigenvalue weighted by atomic mass is 10.0. The van der Waals surface area contributed by atoms with Crippen molar-refractivity contribution in [3.63, 3.8) is 0 Å². The molecule has 1 aliphatic rings. The van der Waals surface area contributed by atoms with E-state index in [9.17, 15) is 14.3 Å². The number of hydrogen-bond acceptors (Lipinski definition) is 4. The Hall–Kier alpha value is -1.53. The first kappa shape index (κ1) is 14.9. The van der Waals surface area contributed by atoms with Gasteiger partial charge in [-0.25, -0.2) is 4.39 Å². The third kappa shape index (κ3) is 3.98. The summed E-state index contributed by atoms with van der Waals surface area (Å²) >= 11 is 0. The number of nitrogens with one attached hydrogen (secondary N) is 1. The van der Waals surface area contributed by atoms with Crippen molar-refractivity contribution in [1.82, 2.24) is 15.2 Å². The number of aliphatic hydroxyl groups is 1. The van der Waals surface area contributed by atoms with Crippen molar-refractivity contribution < 1.29 is 14.3 Å². The third-order valence-corrected chi connectivity index (χ3v) is 3.61. The highest BCUT2D eigenvalue weighted by Crippen LogP contribution is 2.15. The number of rotatable bonds is 5. The fourth-order valence-electron chi connectivity index (χ4n) is 2.51. The normalized spacial score (nSPS) is 19.8. The van der Waals surface area contributed by atoms with Crippen molar-refractivity contribution in [2.45, 2.75) is 25.3 Å². The van der Waals surface area contributed by atoms with Crippen LogP contribution < -0.4 is 5.32 Å². The van der Waals surface area contributed by atoms with Gasteiger partial charge in [0.1, 0.15) is 5.82 Å². The predicted molar refractivity (Wildman–Crippen MR) is 72.8 cm³/mol. The molecule has 0 spiro atoms. The number of carbonyl (C=O) groups is 1. The Morgan fingerprint density at radius 2 is 2.35 bits per heavy atom. The van der Waals surface area contributed by atoms with Crippen LogP contribution in [0.5, 0.6) is 0 Å². The molecule has 0 bridgehead atoms. The number of aliphatic hydroxyl groups excluding tert-OH is 1. The van der Waals surface area contributed by atoms with Gasteiger partial charge in [0.05, 0.1) is 18.4 Å². The van der Waals surface area contributed by atoms with E-state index < -0.39 is 5.82 Å². The van der Waals surface area contributed by atoms with Crippen LogP contribution in [-0.4, -0.2) is 53.2 Å². The maximum Gasteiger partial charge on any atom is 0.252 e. The standard InChI is InChI=1S/C14H20FN3O2/c15-12-7-11(8-16-9-12)14(20)17-4-6-18-5-2-1-3-13(18)10-19/h7-9,13,19H,1-6,10H2,(H,17,20)/t13-/m1/s1. The van der Waals surface area contributed by atoms with Gasteiger partial charge in [-0.2, -0.15) is 0 Å². The first-order valence-corrected chi connectivity index (χ1v) is 6.94. The lowest BCUT2D eigenvalue weighted by molar-refractivity contribution is 0.0849. The van der Waals surface area contributed by atoms with E-state index in [4.69, 9.17) is 0 Å². The minimum absolute atomic E-state index is 0.155. The van der Waals surface area contributed by atoms with Gasteiger partial charge in [-0.3, -0.25) is 14.7 Å². The van der Waals surface area contributed by atoms with Gasteiger partial charge in [0, 0.05) is 25.3 Å². The summed E-state index contributed by atoms with van der Waals surface area (Å²) in [6.07, 6.45) is 5.67. The average molecular weight is 281 g/mol. The summed E-state index contributed by atoms with van der Waals surface area (Å²) in [5.74, 6) is -0.844. The molecule has 2 rings (SSSR count). The van der Waals surface area contributed by atoms with E-state index >= 15 is 0 Å². The molecule has 1 aliphatic heterocycles. The quantitative estimate of drug-likeness (QED) is 0.838. The molecule has 0 saturated carbocycles. The molecule has 110 valence electrons. The number of carbonyl (C=O) groups excluding carboxylic acids is 1. The summed E-state index contributed by atoms with van der Waals surface area (Å²) in [6.45, 7) is 2.27. The summed E-state index contributed by atoms with van der Waals surface area (Å²) in [5, 5.41) is 12.0. The Kier molecular flexibility index (Phi) is 5.43. The minimum Gasteiger partial charge on any atom is -0.395 e. The fourth-order valence-corrected chi connectivity index (χ4v) is 2.51. The monoisotopic (exact) mass is 281 g/mol. The molecule has 1 fully saturated rings. The lowest BCUT2D eigenvalue weighted by Gasteiger charge is -2.34. The zero-order chi connectivity index (χ0) is 14.4. The summed E-state index contributed by atoms with van der Waals surface area (Å²) in [6, 6.07) is 1.36. The molecular weight excluding hydrogens is 261 g/mol. The van der Waals surface area contributed by atoms with Crippen molar-refractivity contribution in [2.75, 3.05) is 26.2 Å². The maximum atomic E-state index is 13.0. The summed E-state index contributed by atoms with van der Waals surface area (Å²) in [7, 11) is 0. The van der Waals surface area contributed by atoms with E-state index in [2.05, 4.69) is 15.2 Å². The molecule has 1 amide bonds. The van der Waals surface area contributed by atoms with Crippen LogP contribution in [0.1, 0.15) is 29.6 Å². The number of halogens is 1. The van der Waals surface area contributed by atoms with Crippen molar-refractivity contribution in [3.05, 3.63) is 29.8 Å². The zero-order valence-electron chi connectivity index (χ0n) is 11.4. The molecule has 0 aliphatic carbocycles. The lowest BCUT2D eigenvalue weighted by Crippen LogP contribution is -2.45. The van der Waals surface area contributed by atoms with Crippen molar-refractivity contribution in [1.29, 1.82) is 0 Å². The maximum absolute atomic E-state index is 13.0. The van der Waals surface area contributed by atoms with Crippen LogP contribution in [0.4, 0.5) is 4.39 Å². The highest BCUT2D eigenvalue weighted by atomic mass is 19.1. The molecule has 20 heavy (non-hydrogen) atoms. The van der Waals surface area contributed by atoms with Crippen molar-refractivity contribution in [3.8, 4) is 0 Å². The molecule has 1 atom stereocenters. The molecule has 5 nitrogen and oxygen atoms in total. The van der Waals surface area contributed by atoms with Gasteiger partial charge >= 0.3 is 0 Å². The van der Waals surface area contributed by atoms with Crippen molar-refractivity contribution in [2.24, 2.45) is 0 Å². The molecule has 1 saturated heterocycles. The number of likely N-dealkylation sites (tertiary alicyclic amines) is 1. The minimum atomic E-state index is -0.519. The van der Waals surface area contributed by atoms with E-state index in [-0.39, 0.29) is 24.1 Å². The van der Waals surface area contributed by atoms with Gasteiger partial charge in [0.25, 0.3) is 5.91 Å². The second kappa shape index (κ2) is 7.31. The van der Waals surface area contributed by atoms with E-state index in [1.165, 1.54) is 12.3 Å². The van der Waals surface area contributed by atoms with Gasteiger partial charge in [-0.1, -0.05) is 6.42 Å². The summed E-state index contributed by atoms with van der Waals surface area (Å²) < 4.78 is 13.0. The number of piperidine rings is 1. The fraction of sp³-hybridized carbons (Fsp3) is 0.571. The Balaban J connectivity index is 1.79. The van der Waals surface area contributed by atoms with Gasteiger partial charge in [-0.05, 0) is 25.5 Å².